The zero-order valence-corrected chi connectivity index (χ0v) is 8.65. The molecule has 62 valence electrons. The number of nitrogens with zero attached hydrogens (tertiary/aromatic N) is 1. The van der Waals surface area contributed by atoms with Crippen molar-refractivity contribution in [1.29, 1.82) is 0 Å². The van der Waals surface area contributed by atoms with Crippen molar-refractivity contribution >= 4 is 45.1 Å². The van der Waals surface area contributed by atoms with Gasteiger partial charge in [-0.2, -0.15) is 5.10 Å². The summed E-state index contributed by atoms with van der Waals surface area (Å²) in [5.74, 6) is -0.299. The molecule has 1 aromatic heterocycles. The van der Waals surface area contributed by atoms with Gasteiger partial charge < -0.3 is 0 Å². The van der Waals surface area contributed by atoms with E-state index < -0.39 is 0 Å². The standard InChI is InChI=1S/C7H3ClFIN2/c8-3-1-2-4(9)5-6(3)11-12-7(5)10/h1-2H,(H,11,12). The van der Waals surface area contributed by atoms with Crippen LogP contribution in [0.2, 0.25) is 5.02 Å². The fourth-order valence-electron chi connectivity index (χ4n) is 1.02. The minimum absolute atomic E-state index is 0.299. The van der Waals surface area contributed by atoms with Gasteiger partial charge in [0.2, 0.25) is 0 Å². The zero-order valence-electron chi connectivity index (χ0n) is 5.74. The molecule has 0 aliphatic carbocycles. The molecule has 2 nitrogen and oxygen atoms in total. The van der Waals surface area contributed by atoms with E-state index in [1.807, 2.05) is 22.6 Å². The quantitative estimate of drug-likeness (QED) is 0.744. The van der Waals surface area contributed by atoms with Crippen molar-refractivity contribution in [2.24, 2.45) is 0 Å². The molecule has 0 unspecified atom stereocenters. The molecule has 1 aromatic carbocycles. The molecule has 0 aliphatic rings. The van der Waals surface area contributed by atoms with Crippen molar-refractivity contribution in [3.63, 3.8) is 0 Å². The van der Waals surface area contributed by atoms with Crippen molar-refractivity contribution in [3.05, 3.63) is 26.7 Å². The summed E-state index contributed by atoms with van der Waals surface area (Å²) in [5, 5.41) is 7.47. The molecule has 1 heterocycles. The zero-order chi connectivity index (χ0) is 8.72. The Bertz CT molecular complexity index is 440. The van der Waals surface area contributed by atoms with E-state index in [4.69, 9.17) is 11.6 Å². The van der Waals surface area contributed by atoms with Crippen LogP contribution in [0.5, 0.6) is 0 Å². The summed E-state index contributed by atoms with van der Waals surface area (Å²) in [4.78, 5) is 0. The Balaban J connectivity index is 2.98. The molecule has 0 saturated heterocycles. The molecule has 1 N–H and O–H groups in total. The van der Waals surface area contributed by atoms with Crippen LogP contribution in [0.4, 0.5) is 4.39 Å². The van der Waals surface area contributed by atoms with Gasteiger partial charge in [-0.15, -0.1) is 0 Å². The summed E-state index contributed by atoms with van der Waals surface area (Å²) in [6.07, 6.45) is 0. The first-order valence-electron chi connectivity index (χ1n) is 3.17. The molecule has 5 heteroatoms. The molecule has 0 amide bonds. The molecular weight excluding hydrogens is 293 g/mol. The first-order valence-corrected chi connectivity index (χ1v) is 4.63. The van der Waals surface area contributed by atoms with Gasteiger partial charge in [0, 0.05) is 0 Å². The molecule has 0 bridgehead atoms. The van der Waals surface area contributed by atoms with Crippen LogP contribution in [0.1, 0.15) is 0 Å². The topological polar surface area (TPSA) is 28.7 Å². The summed E-state index contributed by atoms with van der Waals surface area (Å²) in [5.41, 5.74) is 0.487. The Kier molecular flexibility index (Phi) is 1.96. The van der Waals surface area contributed by atoms with E-state index in [2.05, 4.69) is 10.2 Å². The van der Waals surface area contributed by atoms with E-state index in [-0.39, 0.29) is 5.82 Å². The summed E-state index contributed by atoms with van der Waals surface area (Å²) >= 11 is 7.77. The average molecular weight is 296 g/mol. The molecule has 12 heavy (non-hydrogen) atoms. The van der Waals surface area contributed by atoms with Gasteiger partial charge in [-0.25, -0.2) is 4.39 Å². The molecule has 0 atom stereocenters. The fourth-order valence-corrected chi connectivity index (χ4v) is 1.85. The molecular formula is C7H3ClFIN2. The summed E-state index contributed by atoms with van der Waals surface area (Å²) in [7, 11) is 0. The van der Waals surface area contributed by atoms with Crippen LogP contribution in [0.25, 0.3) is 10.9 Å². The van der Waals surface area contributed by atoms with E-state index >= 15 is 0 Å². The predicted molar refractivity (Wildman–Crippen MR) is 53.8 cm³/mol. The van der Waals surface area contributed by atoms with Gasteiger partial charge in [-0.1, -0.05) is 11.6 Å². The number of aromatic amines is 1. The summed E-state index contributed by atoms with van der Waals surface area (Å²) in [6.45, 7) is 0. The number of halogens is 3. The van der Waals surface area contributed by atoms with Crippen LogP contribution in [-0.2, 0) is 0 Å². The van der Waals surface area contributed by atoms with E-state index in [0.717, 1.165) is 0 Å². The molecule has 0 aliphatic heterocycles. The SMILES string of the molecule is Fc1ccc(Cl)c2n[nH]c(I)c12. The number of aromatic nitrogens is 2. The molecule has 2 rings (SSSR count). The Morgan fingerprint density at radius 2 is 2.25 bits per heavy atom. The number of H-pyrrole nitrogens is 1. The Labute approximate surface area is 86.2 Å². The van der Waals surface area contributed by atoms with Gasteiger partial charge in [0.05, 0.1) is 10.4 Å². The van der Waals surface area contributed by atoms with Crippen LogP contribution in [0.15, 0.2) is 12.1 Å². The highest BCUT2D eigenvalue weighted by Gasteiger charge is 2.10. The van der Waals surface area contributed by atoms with Crippen molar-refractivity contribution in [3.8, 4) is 0 Å². The van der Waals surface area contributed by atoms with Crippen LogP contribution in [0.3, 0.4) is 0 Å². The molecule has 0 saturated carbocycles. The predicted octanol–water partition coefficient (Wildman–Crippen LogP) is 2.96. The second kappa shape index (κ2) is 2.85. The number of rotatable bonds is 0. The van der Waals surface area contributed by atoms with E-state index in [0.29, 0.717) is 19.6 Å². The minimum atomic E-state index is -0.299. The van der Waals surface area contributed by atoms with Crippen LogP contribution < -0.4 is 0 Å². The Hall–Kier alpha value is -0.360. The van der Waals surface area contributed by atoms with Gasteiger partial charge in [-0.3, -0.25) is 5.10 Å². The lowest BCUT2D eigenvalue weighted by atomic mass is 10.2. The smallest absolute Gasteiger partial charge is 0.135 e. The lowest BCUT2D eigenvalue weighted by Gasteiger charge is -1.93. The second-order valence-electron chi connectivity index (χ2n) is 2.29. The Morgan fingerprint density at radius 1 is 1.50 bits per heavy atom. The second-order valence-corrected chi connectivity index (χ2v) is 3.78. The maximum atomic E-state index is 13.1. The number of hydrogen-bond acceptors (Lipinski definition) is 1. The lowest BCUT2D eigenvalue weighted by Crippen LogP contribution is -1.78. The van der Waals surface area contributed by atoms with Gasteiger partial charge in [0.25, 0.3) is 0 Å². The third kappa shape index (κ3) is 1.09. The number of nitrogens with one attached hydrogen (secondary N) is 1. The van der Waals surface area contributed by atoms with Crippen LogP contribution >= 0.6 is 34.2 Å². The molecule has 0 radical (unpaired) electrons. The average Bonchev–Trinajstić information content (AvgIpc) is 2.42. The molecule has 0 fully saturated rings. The minimum Gasteiger partial charge on any atom is -0.271 e. The highest BCUT2D eigenvalue weighted by atomic mass is 127. The van der Waals surface area contributed by atoms with Crippen molar-refractivity contribution in [2.75, 3.05) is 0 Å². The molecule has 0 spiro atoms. The third-order valence-corrected chi connectivity index (χ3v) is 2.65. The van der Waals surface area contributed by atoms with Crippen LogP contribution in [-0.4, -0.2) is 10.2 Å². The maximum Gasteiger partial charge on any atom is 0.135 e. The van der Waals surface area contributed by atoms with Gasteiger partial charge in [0.1, 0.15) is 15.0 Å². The highest BCUT2D eigenvalue weighted by molar-refractivity contribution is 14.1. The highest BCUT2D eigenvalue weighted by Crippen LogP contribution is 2.26. The fraction of sp³-hybridized carbons (Fsp3) is 0. The van der Waals surface area contributed by atoms with E-state index in [9.17, 15) is 4.39 Å². The van der Waals surface area contributed by atoms with Gasteiger partial charge in [-0.05, 0) is 34.7 Å². The monoisotopic (exact) mass is 296 g/mol. The first kappa shape index (κ1) is 8.25. The summed E-state index contributed by atoms with van der Waals surface area (Å²) in [6, 6.07) is 2.83. The summed E-state index contributed by atoms with van der Waals surface area (Å²) < 4.78 is 13.8. The van der Waals surface area contributed by atoms with Crippen LogP contribution in [0, 0.1) is 9.52 Å². The van der Waals surface area contributed by atoms with E-state index in [1.54, 1.807) is 0 Å². The molecule has 2 aromatic rings. The maximum absolute atomic E-state index is 13.1. The van der Waals surface area contributed by atoms with Gasteiger partial charge in [0.15, 0.2) is 0 Å². The van der Waals surface area contributed by atoms with Crippen molar-refractivity contribution in [2.45, 2.75) is 0 Å². The van der Waals surface area contributed by atoms with Crippen molar-refractivity contribution in [1.82, 2.24) is 10.2 Å². The Morgan fingerprint density at radius 3 is 2.92 bits per heavy atom. The number of fused-ring (bicyclic) bond motifs is 1. The van der Waals surface area contributed by atoms with E-state index in [1.165, 1.54) is 12.1 Å². The largest absolute Gasteiger partial charge is 0.271 e. The lowest BCUT2D eigenvalue weighted by molar-refractivity contribution is 0.639. The number of benzene rings is 1. The van der Waals surface area contributed by atoms with Crippen molar-refractivity contribution < 1.29 is 4.39 Å². The normalized spacial score (nSPS) is 10.9. The first-order chi connectivity index (χ1) is 5.70. The number of hydrogen-bond donors (Lipinski definition) is 1. The van der Waals surface area contributed by atoms with Gasteiger partial charge >= 0.3 is 0 Å². The third-order valence-electron chi connectivity index (χ3n) is 1.56.